The van der Waals surface area contributed by atoms with E-state index < -0.39 is 11.6 Å². The summed E-state index contributed by atoms with van der Waals surface area (Å²) in [6.45, 7) is 0.581. The molecule has 8 heteroatoms. The number of aryl methyl sites for hydroxylation is 1. The first-order chi connectivity index (χ1) is 15.0. The second kappa shape index (κ2) is 7.06. The number of rotatable bonds is 4. The number of aromatic nitrogens is 2. The molecule has 3 amide bonds. The minimum absolute atomic E-state index is 0.0826. The molecular weight excluding hydrogens is 397 g/mol. The average Bonchev–Trinajstić information content (AvgIpc) is 3.42. The van der Waals surface area contributed by atoms with Gasteiger partial charge in [0.05, 0.1) is 30.2 Å². The number of fused-ring (bicyclic) bond motifs is 2. The molecule has 31 heavy (non-hydrogen) atoms. The van der Waals surface area contributed by atoms with Gasteiger partial charge in [0.15, 0.2) is 0 Å². The lowest BCUT2D eigenvalue weighted by atomic mass is 9.92. The lowest BCUT2D eigenvalue weighted by Crippen LogP contribution is -2.41. The quantitative estimate of drug-likeness (QED) is 0.664. The number of imidazole rings is 1. The SMILES string of the molecule is N#Cc1ccc(Cn2cncc2CN2C(=O)NC3(CCc4cc(F)ccc43)C2=O)cc1. The van der Waals surface area contributed by atoms with E-state index in [0.29, 0.717) is 36.2 Å². The molecule has 2 heterocycles. The van der Waals surface area contributed by atoms with E-state index in [2.05, 4.69) is 16.4 Å². The molecule has 1 aliphatic carbocycles. The maximum atomic E-state index is 13.6. The van der Waals surface area contributed by atoms with Gasteiger partial charge in [-0.2, -0.15) is 5.26 Å². The van der Waals surface area contributed by atoms with E-state index in [1.54, 1.807) is 30.7 Å². The number of nitrogens with one attached hydrogen (secondary N) is 1. The minimum atomic E-state index is -1.13. The van der Waals surface area contributed by atoms with Crippen LogP contribution in [0.25, 0.3) is 0 Å². The zero-order chi connectivity index (χ0) is 21.6. The Kier molecular flexibility index (Phi) is 4.33. The van der Waals surface area contributed by atoms with Gasteiger partial charge in [-0.15, -0.1) is 0 Å². The number of amides is 3. The molecule has 1 N–H and O–H groups in total. The van der Waals surface area contributed by atoms with E-state index in [1.165, 1.54) is 17.0 Å². The summed E-state index contributed by atoms with van der Waals surface area (Å²) in [6.07, 6.45) is 4.23. The van der Waals surface area contributed by atoms with Crippen LogP contribution in [0.15, 0.2) is 55.0 Å². The predicted molar refractivity (Wildman–Crippen MR) is 108 cm³/mol. The Labute approximate surface area is 177 Å². The third-order valence-corrected chi connectivity index (χ3v) is 6.03. The average molecular weight is 415 g/mol. The highest BCUT2D eigenvalue weighted by Crippen LogP contribution is 2.41. The molecule has 5 rings (SSSR count). The largest absolute Gasteiger partial charge is 0.328 e. The number of carbonyl (C=O) groups is 2. The van der Waals surface area contributed by atoms with Gasteiger partial charge in [0.2, 0.25) is 0 Å². The fourth-order valence-electron chi connectivity index (χ4n) is 4.43. The summed E-state index contributed by atoms with van der Waals surface area (Å²) in [6, 6.07) is 13.2. The molecule has 1 atom stereocenters. The van der Waals surface area contributed by atoms with Crippen LogP contribution in [0.5, 0.6) is 0 Å². The maximum absolute atomic E-state index is 13.6. The van der Waals surface area contributed by atoms with Gasteiger partial charge in [0.1, 0.15) is 11.4 Å². The second-order valence-electron chi connectivity index (χ2n) is 7.85. The molecular formula is C23H18FN5O2. The third kappa shape index (κ3) is 3.06. The van der Waals surface area contributed by atoms with Crippen molar-refractivity contribution in [2.75, 3.05) is 0 Å². The maximum Gasteiger partial charge on any atom is 0.325 e. The van der Waals surface area contributed by atoms with Gasteiger partial charge in [-0.05, 0) is 53.8 Å². The first-order valence-corrected chi connectivity index (χ1v) is 9.91. The number of carbonyl (C=O) groups excluding carboxylic acids is 2. The molecule has 1 fully saturated rings. The zero-order valence-electron chi connectivity index (χ0n) is 16.5. The van der Waals surface area contributed by atoms with Crippen molar-refractivity contribution in [3.8, 4) is 6.07 Å². The number of nitrogens with zero attached hydrogens (tertiary/aromatic N) is 4. The van der Waals surface area contributed by atoms with Gasteiger partial charge in [0, 0.05) is 12.7 Å². The summed E-state index contributed by atoms with van der Waals surface area (Å²) in [5.41, 5.74) is 2.55. The second-order valence-corrected chi connectivity index (χ2v) is 7.85. The van der Waals surface area contributed by atoms with Crippen LogP contribution in [0.3, 0.4) is 0 Å². The van der Waals surface area contributed by atoms with Gasteiger partial charge in [-0.1, -0.05) is 18.2 Å². The number of imide groups is 1. The van der Waals surface area contributed by atoms with Crippen LogP contribution >= 0.6 is 0 Å². The molecule has 1 spiro atoms. The molecule has 0 saturated carbocycles. The molecule has 3 aromatic rings. The van der Waals surface area contributed by atoms with Crippen molar-refractivity contribution in [3.63, 3.8) is 0 Å². The molecule has 1 aliphatic heterocycles. The van der Waals surface area contributed by atoms with Crippen molar-refractivity contribution in [2.45, 2.75) is 31.5 Å². The van der Waals surface area contributed by atoms with Crippen molar-refractivity contribution >= 4 is 11.9 Å². The van der Waals surface area contributed by atoms with Gasteiger partial charge in [-0.25, -0.2) is 14.2 Å². The van der Waals surface area contributed by atoms with Crippen molar-refractivity contribution in [1.82, 2.24) is 19.8 Å². The van der Waals surface area contributed by atoms with Gasteiger partial charge in [-0.3, -0.25) is 9.69 Å². The summed E-state index contributed by atoms with van der Waals surface area (Å²) in [4.78, 5) is 31.5. The van der Waals surface area contributed by atoms with Crippen molar-refractivity contribution in [1.29, 1.82) is 5.26 Å². The first kappa shape index (κ1) is 19.0. The normalized spacial score (nSPS) is 19.5. The van der Waals surface area contributed by atoms with Crippen LogP contribution in [0, 0.1) is 17.1 Å². The fourth-order valence-corrected chi connectivity index (χ4v) is 4.43. The molecule has 154 valence electrons. The Morgan fingerprint density at radius 3 is 2.74 bits per heavy atom. The molecule has 0 bridgehead atoms. The van der Waals surface area contributed by atoms with Gasteiger partial charge < -0.3 is 9.88 Å². The summed E-state index contributed by atoms with van der Waals surface area (Å²) in [5.74, 6) is -0.676. The van der Waals surface area contributed by atoms with E-state index >= 15 is 0 Å². The van der Waals surface area contributed by atoms with E-state index in [-0.39, 0.29) is 18.3 Å². The number of benzene rings is 2. The Bertz CT molecular complexity index is 1240. The van der Waals surface area contributed by atoms with E-state index in [4.69, 9.17) is 5.26 Å². The molecule has 2 aliphatic rings. The lowest BCUT2D eigenvalue weighted by molar-refractivity contribution is -0.132. The predicted octanol–water partition coefficient (Wildman–Crippen LogP) is 2.84. The van der Waals surface area contributed by atoms with Crippen molar-refractivity contribution < 1.29 is 14.0 Å². The highest BCUT2D eigenvalue weighted by molar-refractivity contribution is 6.08. The summed E-state index contributed by atoms with van der Waals surface area (Å²) in [5, 5.41) is 11.8. The Morgan fingerprint density at radius 1 is 1.16 bits per heavy atom. The van der Waals surface area contributed by atoms with Gasteiger partial charge in [0.25, 0.3) is 5.91 Å². The Morgan fingerprint density at radius 2 is 1.97 bits per heavy atom. The number of urea groups is 1. The standard InChI is InChI=1S/C23H18FN5O2/c24-18-5-6-20-17(9-18)7-8-23(20)21(30)29(22(31)27-23)13-19-11-26-14-28(19)12-16-3-1-15(10-25)2-4-16/h1-6,9,11,14H,7-8,12-13H2,(H,27,31). The van der Waals surface area contributed by atoms with Gasteiger partial charge >= 0.3 is 6.03 Å². The third-order valence-electron chi connectivity index (χ3n) is 6.03. The summed E-state index contributed by atoms with van der Waals surface area (Å²) < 4.78 is 15.5. The highest BCUT2D eigenvalue weighted by Gasteiger charge is 2.55. The van der Waals surface area contributed by atoms with Crippen LogP contribution < -0.4 is 5.32 Å². The van der Waals surface area contributed by atoms with Crippen LogP contribution in [0.4, 0.5) is 9.18 Å². The van der Waals surface area contributed by atoms with Crippen LogP contribution in [0.2, 0.25) is 0 Å². The van der Waals surface area contributed by atoms with Crippen molar-refractivity contribution in [2.24, 2.45) is 0 Å². The number of hydrogen-bond acceptors (Lipinski definition) is 4. The van der Waals surface area contributed by atoms with Crippen molar-refractivity contribution in [3.05, 3.63) is 88.8 Å². The zero-order valence-corrected chi connectivity index (χ0v) is 16.5. The first-order valence-electron chi connectivity index (χ1n) is 9.91. The number of hydrogen-bond donors (Lipinski definition) is 1. The van der Waals surface area contributed by atoms with Crippen LogP contribution in [-0.2, 0) is 29.8 Å². The molecule has 1 aromatic heterocycles. The van der Waals surface area contributed by atoms with Crippen LogP contribution in [0.1, 0.15) is 34.4 Å². The summed E-state index contributed by atoms with van der Waals surface area (Å²) >= 11 is 0. The van der Waals surface area contributed by atoms with E-state index in [1.807, 2.05) is 16.7 Å². The Balaban J connectivity index is 1.39. The number of nitriles is 1. The Hall–Kier alpha value is -3.99. The number of halogens is 1. The lowest BCUT2D eigenvalue weighted by Gasteiger charge is -2.22. The smallest absolute Gasteiger partial charge is 0.325 e. The fraction of sp³-hybridized carbons (Fsp3) is 0.217. The molecule has 2 aromatic carbocycles. The molecule has 0 radical (unpaired) electrons. The molecule has 1 saturated heterocycles. The monoisotopic (exact) mass is 415 g/mol. The molecule has 7 nitrogen and oxygen atoms in total. The van der Waals surface area contributed by atoms with E-state index in [9.17, 15) is 14.0 Å². The highest BCUT2D eigenvalue weighted by atomic mass is 19.1. The topological polar surface area (TPSA) is 91.0 Å². The molecule has 1 unspecified atom stereocenters. The van der Waals surface area contributed by atoms with Crippen LogP contribution in [-0.4, -0.2) is 26.4 Å². The summed E-state index contributed by atoms with van der Waals surface area (Å²) in [7, 11) is 0. The van der Waals surface area contributed by atoms with E-state index in [0.717, 1.165) is 11.1 Å². The minimum Gasteiger partial charge on any atom is -0.328 e.